The summed E-state index contributed by atoms with van der Waals surface area (Å²) in [5, 5.41) is 17.5. The van der Waals surface area contributed by atoms with Crippen LogP contribution in [0.5, 0.6) is 5.75 Å². The smallest absolute Gasteiger partial charge is 0.321 e. The van der Waals surface area contributed by atoms with Gasteiger partial charge in [-0.05, 0) is 6.07 Å². The molecule has 0 saturated heterocycles. The second-order valence-corrected chi connectivity index (χ2v) is 4.82. The van der Waals surface area contributed by atoms with Crippen LogP contribution < -0.4 is 15.4 Å². The van der Waals surface area contributed by atoms with E-state index < -0.39 is 12.1 Å². The minimum absolute atomic E-state index is 0.0809. The van der Waals surface area contributed by atoms with Crippen LogP contribution in [0.25, 0.3) is 0 Å². The van der Waals surface area contributed by atoms with Crippen LogP contribution in [0.15, 0.2) is 35.8 Å². The van der Waals surface area contributed by atoms with Crippen molar-refractivity contribution < 1.29 is 14.6 Å². The van der Waals surface area contributed by atoms with Crippen molar-refractivity contribution in [2.45, 2.75) is 6.10 Å². The average Bonchev–Trinajstić information content (AvgIpc) is 2.97. The number of rotatable bonds is 5. The molecule has 0 unspecified atom stereocenters. The van der Waals surface area contributed by atoms with E-state index >= 15 is 0 Å². The van der Waals surface area contributed by atoms with Crippen molar-refractivity contribution in [2.24, 2.45) is 0 Å². The maximum atomic E-state index is 11.6. The van der Waals surface area contributed by atoms with Crippen LogP contribution in [-0.2, 0) is 0 Å². The summed E-state index contributed by atoms with van der Waals surface area (Å²) in [6, 6.07) is 6.72. The summed E-state index contributed by atoms with van der Waals surface area (Å²) >= 11 is 1.32. The molecule has 20 heavy (non-hydrogen) atoms. The first-order valence-electron chi connectivity index (χ1n) is 5.96. The molecule has 1 heterocycles. The monoisotopic (exact) mass is 293 g/mol. The Morgan fingerprint density at radius 3 is 3.00 bits per heavy atom. The molecule has 0 radical (unpaired) electrons. The highest BCUT2D eigenvalue weighted by atomic mass is 32.1. The summed E-state index contributed by atoms with van der Waals surface area (Å²) in [7, 11) is 1.54. The number of urea groups is 1. The lowest BCUT2D eigenvalue weighted by Gasteiger charge is -2.15. The van der Waals surface area contributed by atoms with Gasteiger partial charge in [-0.15, -0.1) is 11.3 Å². The Bertz CT molecular complexity index is 560. The van der Waals surface area contributed by atoms with Gasteiger partial charge in [-0.25, -0.2) is 9.78 Å². The third kappa shape index (κ3) is 3.69. The quantitative estimate of drug-likeness (QED) is 0.787. The second-order valence-electron chi connectivity index (χ2n) is 3.93. The zero-order chi connectivity index (χ0) is 14.4. The standard InChI is InChI=1S/C13H15N3O3S/c1-19-11-5-3-2-4-9(11)10(17)8-15-12(18)16-13-14-6-7-20-13/h2-7,10,17H,8H2,1H3,(H2,14,15,16,18)/t10-/m1/s1. The molecule has 0 spiro atoms. The minimum Gasteiger partial charge on any atom is -0.496 e. The highest BCUT2D eigenvalue weighted by molar-refractivity contribution is 7.13. The highest BCUT2D eigenvalue weighted by Crippen LogP contribution is 2.24. The lowest BCUT2D eigenvalue weighted by Crippen LogP contribution is -2.32. The predicted molar refractivity (Wildman–Crippen MR) is 77.1 cm³/mol. The number of para-hydroxylation sites is 1. The maximum absolute atomic E-state index is 11.6. The highest BCUT2D eigenvalue weighted by Gasteiger charge is 2.14. The second kappa shape index (κ2) is 6.88. The van der Waals surface area contributed by atoms with Crippen molar-refractivity contribution in [3.63, 3.8) is 0 Å². The summed E-state index contributed by atoms with van der Waals surface area (Å²) in [4.78, 5) is 15.5. The number of hydrogen-bond donors (Lipinski definition) is 3. The predicted octanol–water partition coefficient (Wildman–Crippen LogP) is 2.01. The van der Waals surface area contributed by atoms with E-state index in [2.05, 4.69) is 15.6 Å². The van der Waals surface area contributed by atoms with Crippen LogP contribution in [-0.4, -0.2) is 29.8 Å². The minimum atomic E-state index is -0.840. The molecule has 6 nitrogen and oxygen atoms in total. The van der Waals surface area contributed by atoms with E-state index in [1.165, 1.54) is 18.4 Å². The molecule has 2 aromatic rings. The number of ether oxygens (including phenoxy) is 1. The molecule has 106 valence electrons. The van der Waals surface area contributed by atoms with E-state index in [4.69, 9.17) is 4.74 Å². The van der Waals surface area contributed by atoms with Gasteiger partial charge in [0.2, 0.25) is 0 Å². The normalized spacial score (nSPS) is 11.7. The number of benzene rings is 1. The fourth-order valence-corrected chi connectivity index (χ4v) is 2.19. The number of aliphatic hydroxyl groups excluding tert-OH is 1. The van der Waals surface area contributed by atoms with Crippen LogP contribution in [0.3, 0.4) is 0 Å². The number of aliphatic hydroxyl groups is 1. The average molecular weight is 293 g/mol. The molecule has 2 rings (SSSR count). The molecule has 2 amide bonds. The van der Waals surface area contributed by atoms with Crippen molar-refractivity contribution in [2.75, 3.05) is 19.0 Å². The van der Waals surface area contributed by atoms with E-state index in [9.17, 15) is 9.90 Å². The van der Waals surface area contributed by atoms with Crippen molar-refractivity contribution >= 4 is 22.5 Å². The van der Waals surface area contributed by atoms with E-state index in [0.29, 0.717) is 16.4 Å². The molecular weight excluding hydrogens is 278 g/mol. The van der Waals surface area contributed by atoms with Gasteiger partial charge in [-0.2, -0.15) is 0 Å². The number of methoxy groups -OCH3 is 1. The molecule has 0 bridgehead atoms. The largest absolute Gasteiger partial charge is 0.496 e. The van der Waals surface area contributed by atoms with Gasteiger partial charge >= 0.3 is 6.03 Å². The Hall–Kier alpha value is -2.12. The molecule has 0 saturated carbocycles. The summed E-state index contributed by atoms with van der Waals surface area (Å²) in [5.41, 5.74) is 0.629. The molecule has 1 atom stereocenters. The molecule has 7 heteroatoms. The van der Waals surface area contributed by atoms with E-state index in [-0.39, 0.29) is 6.54 Å². The van der Waals surface area contributed by atoms with Crippen LogP contribution in [0, 0.1) is 0 Å². The Balaban J connectivity index is 1.88. The fourth-order valence-electron chi connectivity index (χ4n) is 1.67. The number of nitrogens with zero attached hydrogens (tertiary/aromatic N) is 1. The van der Waals surface area contributed by atoms with Crippen molar-refractivity contribution in [3.8, 4) is 5.75 Å². The third-order valence-electron chi connectivity index (χ3n) is 2.61. The molecule has 0 aliphatic heterocycles. The fraction of sp³-hybridized carbons (Fsp3) is 0.231. The summed E-state index contributed by atoms with van der Waals surface area (Å²) in [6.07, 6.45) is 0.762. The molecule has 3 N–H and O–H groups in total. The van der Waals surface area contributed by atoms with Crippen molar-refractivity contribution in [1.82, 2.24) is 10.3 Å². The van der Waals surface area contributed by atoms with Crippen LogP contribution in [0.2, 0.25) is 0 Å². The number of anilines is 1. The number of thiazole rings is 1. The summed E-state index contributed by atoms with van der Waals surface area (Å²) < 4.78 is 5.16. The van der Waals surface area contributed by atoms with Crippen molar-refractivity contribution in [1.29, 1.82) is 0 Å². The van der Waals surface area contributed by atoms with Crippen LogP contribution >= 0.6 is 11.3 Å². The van der Waals surface area contributed by atoms with Gasteiger partial charge in [0.1, 0.15) is 5.75 Å². The first kappa shape index (κ1) is 14.3. The van der Waals surface area contributed by atoms with E-state index in [1.807, 2.05) is 6.07 Å². The van der Waals surface area contributed by atoms with E-state index in [1.54, 1.807) is 29.8 Å². The topological polar surface area (TPSA) is 83.5 Å². The van der Waals surface area contributed by atoms with Gasteiger partial charge in [-0.1, -0.05) is 18.2 Å². The van der Waals surface area contributed by atoms with Crippen molar-refractivity contribution in [3.05, 3.63) is 41.4 Å². The van der Waals surface area contributed by atoms with Gasteiger partial charge < -0.3 is 15.2 Å². The first-order chi connectivity index (χ1) is 9.70. The van der Waals surface area contributed by atoms with Gasteiger partial charge in [0, 0.05) is 23.7 Å². The Morgan fingerprint density at radius 2 is 2.30 bits per heavy atom. The van der Waals surface area contributed by atoms with Gasteiger partial charge in [0.15, 0.2) is 5.13 Å². The summed E-state index contributed by atoms with van der Waals surface area (Å²) in [5.74, 6) is 0.585. The molecule has 1 aromatic heterocycles. The molecule has 0 aliphatic carbocycles. The zero-order valence-corrected chi connectivity index (χ0v) is 11.7. The van der Waals surface area contributed by atoms with Gasteiger partial charge in [0.05, 0.1) is 13.2 Å². The van der Waals surface area contributed by atoms with Crippen LogP contribution in [0.1, 0.15) is 11.7 Å². The lowest BCUT2D eigenvalue weighted by molar-refractivity contribution is 0.171. The number of hydrogen-bond acceptors (Lipinski definition) is 5. The zero-order valence-electron chi connectivity index (χ0n) is 10.9. The Morgan fingerprint density at radius 1 is 1.50 bits per heavy atom. The number of nitrogens with one attached hydrogen (secondary N) is 2. The SMILES string of the molecule is COc1ccccc1[C@H](O)CNC(=O)Nc1nccs1. The van der Waals surface area contributed by atoms with E-state index in [0.717, 1.165) is 0 Å². The molecule has 0 fully saturated rings. The number of carbonyl (C=O) groups is 1. The molecular formula is C13H15N3O3S. The number of carbonyl (C=O) groups excluding carboxylic acids is 1. The van der Waals surface area contributed by atoms with Gasteiger partial charge in [0.25, 0.3) is 0 Å². The van der Waals surface area contributed by atoms with Crippen LogP contribution in [0.4, 0.5) is 9.93 Å². The Labute approximate surface area is 120 Å². The third-order valence-corrected chi connectivity index (χ3v) is 3.30. The molecule has 1 aromatic carbocycles. The molecule has 0 aliphatic rings. The maximum Gasteiger partial charge on any atom is 0.321 e. The number of aromatic nitrogens is 1. The summed E-state index contributed by atoms with van der Waals surface area (Å²) in [6.45, 7) is 0.0809. The first-order valence-corrected chi connectivity index (χ1v) is 6.84. The number of amides is 2. The Kier molecular flexibility index (Phi) is 4.91. The van der Waals surface area contributed by atoms with Gasteiger partial charge in [-0.3, -0.25) is 5.32 Å². The lowest BCUT2D eigenvalue weighted by atomic mass is 10.1.